The molecule has 1 aromatic carbocycles. The first-order chi connectivity index (χ1) is 8.97. The van der Waals surface area contributed by atoms with Crippen molar-refractivity contribution < 1.29 is 9.18 Å². The second kappa shape index (κ2) is 5.36. The van der Waals surface area contributed by atoms with E-state index in [-0.39, 0.29) is 16.9 Å². The monoisotopic (exact) mass is 278 g/mol. The summed E-state index contributed by atoms with van der Waals surface area (Å²) in [6.45, 7) is 1.75. The molecule has 2 aromatic rings. The Labute approximate surface area is 115 Å². The highest BCUT2D eigenvalue weighted by molar-refractivity contribution is 6.29. The summed E-state index contributed by atoms with van der Waals surface area (Å²) in [5.74, 6) is -0.654. The zero-order valence-corrected chi connectivity index (χ0v) is 11.3. The molecule has 3 nitrogen and oxygen atoms in total. The number of rotatable bonds is 2. The number of benzene rings is 1. The number of anilines is 1. The van der Waals surface area contributed by atoms with Crippen LogP contribution in [0.3, 0.4) is 0 Å². The van der Waals surface area contributed by atoms with E-state index in [2.05, 4.69) is 4.98 Å². The first-order valence-electron chi connectivity index (χ1n) is 5.65. The number of hydrogen-bond donors (Lipinski definition) is 0. The van der Waals surface area contributed by atoms with Crippen molar-refractivity contribution in [1.82, 2.24) is 4.98 Å². The number of hydrogen-bond acceptors (Lipinski definition) is 2. The van der Waals surface area contributed by atoms with Gasteiger partial charge in [-0.25, -0.2) is 9.37 Å². The lowest BCUT2D eigenvalue weighted by molar-refractivity contribution is 0.0993. The standard InChI is InChI=1S/C14H12ClFN2O/c1-9-6-10(7-13(15)17-9)14(19)18(2)12-5-3-4-11(16)8-12/h3-8H,1-2H3. The maximum atomic E-state index is 13.2. The zero-order valence-electron chi connectivity index (χ0n) is 10.5. The molecule has 98 valence electrons. The maximum absolute atomic E-state index is 13.2. The SMILES string of the molecule is Cc1cc(C(=O)N(C)c2cccc(F)c2)cc(Cl)n1. The van der Waals surface area contributed by atoms with E-state index < -0.39 is 0 Å². The minimum atomic E-state index is -0.388. The van der Waals surface area contributed by atoms with Gasteiger partial charge >= 0.3 is 0 Å². The molecule has 0 saturated carbocycles. The summed E-state index contributed by atoms with van der Waals surface area (Å²) in [6.07, 6.45) is 0. The van der Waals surface area contributed by atoms with Gasteiger partial charge in [0.1, 0.15) is 11.0 Å². The normalized spacial score (nSPS) is 10.3. The van der Waals surface area contributed by atoms with Crippen LogP contribution < -0.4 is 4.90 Å². The van der Waals surface area contributed by atoms with Crippen molar-refractivity contribution in [3.8, 4) is 0 Å². The largest absolute Gasteiger partial charge is 0.311 e. The molecule has 1 amide bonds. The number of aryl methyl sites for hydroxylation is 1. The van der Waals surface area contributed by atoms with Crippen LogP contribution in [-0.4, -0.2) is 17.9 Å². The third-order valence-electron chi connectivity index (χ3n) is 2.67. The molecule has 0 aliphatic carbocycles. The quantitative estimate of drug-likeness (QED) is 0.788. The second-order valence-electron chi connectivity index (χ2n) is 4.16. The van der Waals surface area contributed by atoms with Gasteiger partial charge in [-0.05, 0) is 37.3 Å². The van der Waals surface area contributed by atoms with Gasteiger partial charge in [0.05, 0.1) is 0 Å². The van der Waals surface area contributed by atoms with Crippen LogP contribution in [0.2, 0.25) is 5.15 Å². The molecule has 0 unspecified atom stereocenters. The number of carbonyl (C=O) groups is 1. The van der Waals surface area contributed by atoms with Crippen molar-refractivity contribution in [2.75, 3.05) is 11.9 Å². The first kappa shape index (κ1) is 13.5. The van der Waals surface area contributed by atoms with Gasteiger partial charge in [0.15, 0.2) is 0 Å². The Morgan fingerprint density at radius 3 is 2.68 bits per heavy atom. The lowest BCUT2D eigenvalue weighted by atomic mass is 10.2. The topological polar surface area (TPSA) is 33.2 Å². The fraction of sp³-hybridized carbons (Fsp3) is 0.143. The number of halogens is 2. The molecular formula is C14H12ClFN2O. The lowest BCUT2D eigenvalue weighted by Gasteiger charge is -2.17. The van der Waals surface area contributed by atoms with Crippen LogP contribution >= 0.6 is 11.6 Å². The average Bonchev–Trinajstić information content (AvgIpc) is 2.36. The van der Waals surface area contributed by atoms with E-state index >= 15 is 0 Å². The fourth-order valence-electron chi connectivity index (χ4n) is 1.75. The van der Waals surface area contributed by atoms with Gasteiger partial charge in [0.25, 0.3) is 5.91 Å². The van der Waals surface area contributed by atoms with Gasteiger partial charge in [0.2, 0.25) is 0 Å². The molecule has 0 aliphatic rings. The third kappa shape index (κ3) is 3.09. The van der Waals surface area contributed by atoms with Crippen LogP contribution in [0.25, 0.3) is 0 Å². The third-order valence-corrected chi connectivity index (χ3v) is 2.86. The summed E-state index contributed by atoms with van der Waals surface area (Å²) >= 11 is 5.83. The Balaban J connectivity index is 2.33. The fourth-order valence-corrected chi connectivity index (χ4v) is 2.00. The average molecular weight is 279 g/mol. The van der Waals surface area contributed by atoms with Gasteiger partial charge in [-0.1, -0.05) is 17.7 Å². The maximum Gasteiger partial charge on any atom is 0.258 e. The van der Waals surface area contributed by atoms with Crippen LogP contribution in [0.1, 0.15) is 16.1 Å². The summed E-state index contributed by atoms with van der Waals surface area (Å²) in [4.78, 5) is 17.6. The van der Waals surface area contributed by atoms with E-state index in [0.717, 1.165) is 0 Å². The molecule has 0 N–H and O–H groups in total. The Kier molecular flexibility index (Phi) is 3.81. The predicted octanol–water partition coefficient (Wildman–Crippen LogP) is 3.46. The number of nitrogens with zero attached hydrogens (tertiary/aromatic N) is 2. The van der Waals surface area contributed by atoms with Gasteiger partial charge in [0, 0.05) is 24.0 Å². The second-order valence-corrected chi connectivity index (χ2v) is 4.55. The smallest absolute Gasteiger partial charge is 0.258 e. The van der Waals surface area contributed by atoms with Gasteiger partial charge in [-0.15, -0.1) is 0 Å². The summed E-state index contributed by atoms with van der Waals surface area (Å²) < 4.78 is 13.2. The van der Waals surface area contributed by atoms with E-state index in [4.69, 9.17) is 11.6 Å². The molecule has 0 bridgehead atoms. The Morgan fingerprint density at radius 1 is 1.32 bits per heavy atom. The van der Waals surface area contributed by atoms with Crippen molar-refractivity contribution >= 4 is 23.2 Å². The molecule has 5 heteroatoms. The molecule has 0 fully saturated rings. The van der Waals surface area contributed by atoms with Crippen LogP contribution in [-0.2, 0) is 0 Å². The van der Waals surface area contributed by atoms with Crippen LogP contribution in [0.4, 0.5) is 10.1 Å². The molecule has 0 radical (unpaired) electrons. The Hall–Kier alpha value is -1.94. The molecule has 0 saturated heterocycles. The highest BCUT2D eigenvalue weighted by Crippen LogP contribution is 2.18. The van der Waals surface area contributed by atoms with Crippen molar-refractivity contribution in [3.63, 3.8) is 0 Å². The number of carbonyl (C=O) groups excluding carboxylic acids is 1. The Bertz CT molecular complexity index is 610. The van der Waals surface area contributed by atoms with Crippen molar-refractivity contribution in [3.05, 3.63) is 58.6 Å². The van der Waals surface area contributed by atoms with Crippen molar-refractivity contribution in [2.24, 2.45) is 0 Å². The molecule has 0 atom stereocenters. The zero-order chi connectivity index (χ0) is 14.0. The Morgan fingerprint density at radius 2 is 2.05 bits per heavy atom. The molecular weight excluding hydrogens is 267 g/mol. The van der Waals surface area contributed by atoms with E-state index in [1.165, 1.54) is 23.1 Å². The minimum Gasteiger partial charge on any atom is -0.311 e. The van der Waals surface area contributed by atoms with E-state index in [9.17, 15) is 9.18 Å². The highest BCUT2D eigenvalue weighted by atomic mass is 35.5. The van der Waals surface area contributed by atoms with E-state index in [1.54, 1.807) is 32.2 Å². The van der Waals surface area contributed by atoms with Crippen molar-refractivity contribution in [1.29, 1.82) is 0 Å². The number of aromatic nitrogens is 1. The molecule has 0 aliphatic heterocycles. The number of pyridine rings is 1. The lowest BCUT2D eigenvalue weighted by Crippen LogP contribution is -2.26. The molecule has 1 heterocycles. The number of amides is 1. The predicted molar refractivity (Wildman–Crippen MR) is 73.1 cm³/mol. The van der Waals surface area contributed by atoms with E-state index in [1.807, 2.05) is 0 Å². The summed E-state index contributed by atoms with van der Waals surface area (Å²) in [7, 11) is 1.58. The summed E-state index contributed by atoms with van der Waals surface area (Å²) in [5.41, 5.74) is 1.56. The minimum absolute atomic E-state index is 0.260. The first-order valence-corrected chi connectivity index (χ1v) is 6.03. The molecule has 2 rings (SSSR count). The highest BCUT2D eigenvalue weighted by Gasteiger charge is 2.15. The van der Waals surface area contributed by atoms with E-state index in [0.29, 0.717) is 16.9 Å². The molecule has 1 aromatic heterocycles. The van der Waals surface area contributed by atoms with Crippen LogP contribution in [0.15, 0.2) is 36.4 Å². The molecule has 19 heavy (non-hydrogen) atoms. The molecule has 0 spiro atoms. The van der Waals surface area contributed by atoms with Crippen LogP contribution in [0, 0.1) is 12.7 Å². The summed E-state index contributed by atoms with van der Waals surface area (Å²) in [6, 6.07) is 8.98. The van der Waals surface area contributed by atoms with Gasteiger partial charge in [-0.3, -0.25) is 4.79 Å². The van der Waals surface area contributed by atoms with Gasteiger partial charge in [-0.2, -0.15) is 0 Å². The van der Waals surface area contributed by atoms with Crippen molar-refractivity contribution in [2.45, 2.75) is 6.92 Å². The summed E-state index contributed by atoms with van der Waals surface area (Å²) in [5, 5.41) is 0.260. The van der Waals surface area contributed by atoms with Crippen LogP contribution in [0.5, 0.6) is 0 Å². The van der Waals surface area contributed by atoms with Gasteiger partial charge < -0.3 is 4.90 Å².